The highest BCUT2D eigenvalue weighted by atomic mass is 16.5. The Labute approximate surface area is 203 Å². The number of aryl methyl sites for hydroxylation is 3. The Bertz CT molecular complexity index is 1610. The van der Waals surface area contributed by atoms with Gasteiger partial charge in [0.15, 0.2) is 0 Å². The summed E-state index contributed by atoms with van der Waals surface area (Å²) in [6.45, 7) is 5.88. The van der Waals surface area contributed by atoms with E-state index in [0.717, 1.165) is 21.5 Å². The zero-order valence-electron chi connectivity index (χ0n) is 19.8. The van der Waals surface area contributed by atoms with E-state index in [1.807, 2.05) is 69.3 Å². The molecule has 0 saturated heterocycles. The fourth-order valence-corrected chi connectivity index (χ4v) is 4.11. The van der Waals surface area contributed by atoms with Crippen LogP contribution in [0.5, 0.6) is 11.5 Å². The smallest absolute Gasteiger partial charge is 0.343 e. The molecular formula is C31H24O4. The average Bonchev–Trinajstić information content (AvgIpc) is 2.84. The SMILES string of the molecule is Cc1ccc2cc(C(=O)Oc3ccc(OC(=O)c4ccc5cc(C)ccc5c4)c(C)c3)ccc2c1. The van der Waals surface area contributed by atoms with Crippen LogP contribution in [0.2, 0.25) is 0 Å². The highest BCUT2D eigenvalue weighted by Crippen LogP contribution is 2.26. The zero-order chi connectivity index (χ0) is 24.5. The Morgan fingerprint density at radius 2 is 1.00 bits per heavy atom. The van der Waals surface area contributed by atoms with E-state index in [1.165, 1.54) is 11.1 Å². The summed E-state index contributed by atoms with van der Waals surface area (Å²) < 4.78 is 11.2. The van der Waals surface area contributed by atoms with E-state index in [0.29, 0.717) is 28.2 Å². The van der Waals surface area contributed by atoms with Crippen LogP contribution < -0.4 is 9.47 Å². The molecule has 5 aromatic rings. The number of esters is 2. The molecule has 5 rings (SSSR count). The lowest BCUT2D eigenvalue weighted by Crippen LogP contribution is -2.10. The minimum Gasteiger partial charge on any atom is -0.423 e. The van der Waals surface area contributed by atoms with Gasteiger partial charge >= 0.3 is 11.9 Å². The van der Waals surface area contributed by atoms with E-state index in [4.69, 9.17) is 9.47 Å². The summed E-state index contributed by atoms with van der Waals surface area (Å²) in [4.78, 5) is 25.4. The lowest BCUT2D eigenvalue weighted by Gasteiger charge is -2.11. The predicted octanol–water partition coefficient (Wildman–Crippen LogP) is 7.36. The molecule has 5 aromatic carbocycles. The van der Waals surface area contributed by atoms with E-state index >= 15 is 0 Å². The first kappa shape index (κ1) is 22.4. The van der Waals surface area contributed by atoms with Crippen molar-refractivity contribution in [3.63, 3.8) is 0 Å². The molecule has 0 spiro atoms. The van der Waals surface area contributed by atoms with Crippen molar-refractivity contribution in [1.29, 1.82) is 0 Å². The van der Waals surface area contributed by atoms with Crippen LogP contribution in [0.15, 0.2) is 91.0 Å². The Kier molecular flexibility index (Phi) is 5.79. The van der Waals surface area contributed by atoms with E-state index in [2.05, 4.69) is 12.1 Å². The van der Waals surface area contributed by atoms with Crippen molar-refractivity contribution in [1.82, 2.24) is 0 Å². The van der Waals surface area contributed by atoms with E-state index in [-0.39, 0.29) is 0 Å². The monoisotopic (exact) mass is 460 g/mol. The average molecular weight is 461 g/mol. The Hall–Kier alpha value is -4.44. The van der Waals surface area contributed by atoms with Crippen molar-refractivity contribution in [3.05, 3.63) is 119 Å². The summed E-state index contributed by atoms with van der Waals surface area (Å²) in [5.41, 5.74) is 3.97. The number of carbonyl (C=O) groups is 2. The fourth-order valence-electron chi connectivity index (χ4n) is 4.11. The topological polar surface area (TPSA) is 52.6 Å². The highest BCUT2D eigenvalue weighted by Gasteiger charge is 2.14. The third kappa shape index (κ3) is 4.78. The van der Waals surface area contributed by atoms with Gasteiger partial charge in [-0.15, -0.1) is 0 Å². The largest absolute Gasteiger partial charge is 0.423 e. The molecule has 0 aliphatic heterocycles. The van der Waals surface area contributed by atoms with Crippen molar-refractivity contribution in [2.75, 3.05) is 0 Å². The Morgan fingerprint density at radius 3 is 1.54 bits per heavy atom. The molecule has 0 heterocycles. The number of hydrogen-bond acceptors (Lipinski definition) is 4. The molecule has 0 saturated carbocycles. The van der Waals surface area contributed by atoms with Crippen LogP contribution in [0, 0.1) is 20.8 Å². The zero-order valence-corrected chi connectivity index (χ0v) is 19.8. The van der Waals surface area contributed by atoms with Gasteiger partial charge in [0.05, 0.1) is 11.1 Å². The fraction of sp³-hybridized carbons (Fsp3) is 0.0968. The number of hydrogen-bond donors (Lipinski definition) is 0. The number of fused-ring (bicyclic) bond motifs is 2. The van der Waals surface area contributed by atoms with Gasteiger partial charge < -0.3 is 9.47 Å². The number of carbonyl (C=O) groups excluding carboxylic acids is 2. The third-order valence-corrected chi connectivity index (χ3v) is 6.02. The Morgan fingerprint density at radius 1 is 0.514 bits per heavy atom. The van der Waals surface area contributed by atoms with Gasteiger partial charge in [-0.05, 0) is 90.3 Å². The molecule has 4 nitrogen and oxygen atoms in total. The molecule has 0 atom stereocenters. The van der Waals surface area contributed by atoms with Gasteiger partial charge in [0, 0.05) is 0 Å². The van der Waals surface area contributed by atoms with Crippen molar-refractivity contribution >= 4 is 33.5 Å². The van der Waals surface area contributed by atoms with Crippen LogP contribution in [0.1, 0.15) is 37.4 Å². The van der Waals surface area contributed by atoms with Crippen molar-refractivity contribution in [2.45, 2.75) is 20.8 Å². The van der Waals surface area contributed by atoms with Crippen molar-refractivity contribution in [2.24, 2.45) is 0 Å². The summed E-state index contributed by atoms with van der Waals surface area (Å²) in [6.07, 6.45) is 0. The molecule has 0 aromatic heterocycles. The van der Waals surface area contributed by atoms with Gasteiger partial charge in [0.1, 0.15) is 11.5 Å². The van der Waals surface area contributed by atoms with Gasteiger partial charge in [-0.25, -0.2) is 9.59 Å². The first-order valence-electron chi connectivity index (χ1n) is 11.4. The lowest BCUT2D eigenvalue weighted by molar-refractivity contribution is 0.0718. The standard InChI is InChI=1S/C31H24O4/c1-19-4-6-24-17-26(10-8-22(24)14-19)30(32)34-28-12-13-29(21(3)16-28)35-31(33)27-11-9-23-15-20(2)5-7-25(23)18-27/h4-18H,1-3H3. The molecule has 35 heavy (non-hydrogen) atoms. The van der Waals surface area contributed by atoms with E-state index in [1.54, 1.807) is 30.3 Å². The van der Waals surface area contributed by atoms with E-state index in [9.17, 15) is 9.59 Å². The van der Waals surface area contributed by atoms with Gasteiger partial charge in [-0.2, -0.15) is 0 Å². The molecule has 4 heteroatoms. The van der Waals surface area contributed by atoms with Crippen LogP contribution in [-0.4, -0.2) is 11.9 Å². The minimum absolute atomic E-state index is 0.386. The molecule has 0 aliphatic rings. The van der Waals surface area contributed by atoms with Gasteiger partial charge in [-0.3, -0.25) is 0 Å². The third-order valence-electron chi connectivity index (χ3n) is 6.02. The molecule has 172 valence electrons. The normalized spacial score (nSPS) is 10.9. The second-order valence-electron chi connectivity index (χ2n) is 8.84. The molecule has 0 bridgehead atoms. The summed E-state index contributed by atoms with van der Waals surface area (Å²) >= 11 is 0. The summed E-state index contributed by atoms with van der Waals surface area (Å²) in [7, 11) is 0. The van der Waals surface area contributed by atoms with Gasteiger partial charge in [-0.1, -0.05) is 59.7 Å². The lowest BCUT2D eigenvalue weighted by atomic mass is 10.0. The van der Waals surface area contributed by atoms with E-state index < -0.39 is 11.9 Å². The predicted molar refractivity (Wildman–Crippen MR) is 138 cm³/mol. The van der Waals surface area contributed by atoms with Crippen LogP contribution >= 0.6 is 0 Å². The van der Waals surface area contributed by atoms with Gasteiger partial charge in [0.25, 0.3) is 0 Å². The maximum absolute atomic E-state index is 12.7. The Balaban J connectivity index is 1.30. The number of ether oxygens (including phenoxy) is 2. The number of rotatable bonds is 4. The van der Waals surface area contributed by atoms with Crippen LogP contribution in [0.3, 0.4) is 0 Å². The van der Waals surface area contributed by atoms with Gasteiger partial charge in [0.2, 0.25) is 0 Å². The molecule has 0 radical (unpaired) electrons. The molecular weight excluding hydrogens is 436 g/mol. The first-order valence-corrected chi connectivity index (χ1v) is 11.4. The molecule has 0 fully saturated rings. The van der Waals surface area contributed by atoms with Crippen molar-refractivity contribution in [3.8, 4) is 11.5 Å². The molecule has 0 amide bonds. The second-order valence-corrected chi connectivity index (χ2v) is 8.84. The highest BCUT2D eigenvalue weighted by molar-refractivity contribution is 5.97. The molecule has 0 unspecified atom stereocenters. The quantitative estimate of drug-likeness (QED) is 0.208. The second kappa shape index (κ2) is 9.07. The summed E-state index contributed by atoms with van der Waals surface area (Å²) in [5, 5.41) is 4.11. The van der Waals surface area contributed by atoms with Crippen LogP contribution in [0.4, 0.5) is 0 Å². The summed E-state index contributed by atoms with van der Waals surface area (Å²) in [5.74, 6) is -0.0769. The molecule has 0 N–H and O–H groups in total. The maximum atomic E-state index is 12.7. The van der Waals surface area contributed by atoms with Crippen molar-refractivity contribution < 1.29 is 19.1 Å². The number of benzene rings is 5. The van der Waals surface area contributed by atoms with Crippen LogP contribution in [-0.2, 0) is 0 Å². The first-order chi connectivity index (χ1) is 16.9. The summed E-state index contributed by atoms with van der Waals surface area (Å²) in [6, 6.07) is 28.1. The molecule has 0 aliphatic carbocycles. The maximum Gasteiger partial charge on any atom is 0.343 e. The van der Waals surface area contributed by atoms with Crippen LogP contribution in [0.25, 0.3) is 21.5 Å². The minimum atomic E-state index is -0.442.